The lowest BCUT2D eigenvalue weighted by Crippen LogP contribution is -2.02. The van der Waals surface area contributed by atoms with Crippen LogP contribution in [0.5, 0.6) is 5.75 Å². The Morgan fingerprint density at radius 3 is 2.76 bits per heavy atom. The summed E-state index contributed by atoms with van der Waals surface area (Å²) in [7, 11) is 1.92. The molecule has 0 atom stereocenters. The van der Waals surface area contributed by atoms with E-state index in [0.717, 1.165) is 22.6 Å². The monoisotopic (exact) mass is 280 g/mol. The Balaban J connectivity index is 1.85. The first kappa shape index (κ1) is 13.2. The summed E-state index contributed by atoms with van der Waals surface area (Å²) in [6, 6.07) is 15.2. The van der Waals surface area contributed by atoms with Crippen LogP contribution in [0.4, 0.5) is 5.69 Å². The number of phenolic OH excluding ortho intramolecular Hbond substituents is 1. The maximum absolute atomic E-state index is 9.50. The maximum atomic E-state index is 9.50. The van der Waals surface area contributed by atoms with Crippen LogP contribution in [0.15, 0.2) is 54.9 Å². The van der Waals surface area contributed by atoms with Crippen LogP contribution in [0.2, 0.25) is 0 Å². The van der Waals surface area contributed by atoms with E-state index in [1.165, 1.54) is 0 Å². The average molecular weight is 280 g/mol. The van der Waals surface area contributed by atoms with Crippen molar-refractivity contribution in [3.63, 3.8) is 0 Å². The SMILES string of the molecule is Cn1cnnc1-c1ccccc1NCc1cccc(O)c1. The number of aromatic nitrogens is 3. The molecule has 0 unspecified atom stereocenters. The summed E-state index contributed by atoms with van der Waals surface area (Å²) in [5, 5.41) is 21.0. The van der Waals surface area contributed by atoms with Crippen LogP contribution in [-0.4, -0.2) is 19.9 Å². The van der Waals surface area contributed by atoms with Gasteiger partial charge >= 0.3 is 0 Å². The highest BCUT2D eigenvalue weighted by atomic mass is 16.3. The molecule has 0 aliphatic heterocycles. The van der Waals surface area contributed by atoms with Gasteiger partial charge in [0.2, 0.25) is 0 Å². The summed E-state index contributed by atoms with van der Waals surface area (Å²) in [5.41, 5.74) is 3.00. The van der Waals surface area contributed by atoms with E-state index in [4.69, 9.17) is 0 Å². The molecule has 3 rings (SSSR count). The van der Waals surface area contributed by atoms with Crippen LogP contribution in [-0.2, 0) is 13.6 Å². The minimum atomic E-state index is 0.274. The minimum Gasteiger partial charge on any atom is -0.508 e. The van der Waals surface area contributed by atoms with Crippen molar-refractivity contribution in [1.29, 1.82) is 0 Å². The second-order valence-corrected chi connectivity index (χ2v) is 4.83. The van der Waals surface area contributed by atoms with E-state index in [1.807, 2.05) is 48.0 Å². The molecule has 0 aliphatic rings. The highest BCUT2D eigenvalue weighted by Crippen LogP contribution is 2.26. The predicted molar refractivity (Wildman–Crippen MR) is 81.9 cm³/mol. The Kier molecular flexibility index (Phi) is 3.55. The number of hydrogen-bond acceptors (Lipinski definition) is 4. The molecule has 2 aromatic carbocycles. The molecule has 0 spiro atoms. The van der Waals surface area contributed by atoms with E-state index in [2.05, 4.69) is 15.5 Å². The zero-order valence-electron chi connectivity index (χ0n) is 11.7. The lowest BCUT2D eigenvalue weighted by atomic mass is 10.1. The molecule has 1 aromatic heterocycles. The topological polar surface area (TPSA) is 63.0 Å². The maximum Gasteiger partial charge on any atom is 0.165 e. The van der Waals surface area contributed by atoms with Crippen molar-refractivity contribution in [2.24, 2.45) is 7.05 Å². The van der Waals surface area contributed by atoms with Crippen molar-refractivity contribution < 1.29 is 5.11 Å². The fourth-order valence-corrected chi connectivity index (χ4v) is 2.22. The molecule has 0 fully saturated rings. The number of rotatable bonds is 4. The minimum absolute atomic E-state index is 0.274. The van der Waals surface area contributed by atoms with Gasteiger partial charge in [0.25, 0.3) is 0 Å². The van der Waals surface area contributed by atoms with Crippen LogP contribution in [0, 0.1) is 0 Å². The lowest BCUT2D eigenvalue weighted by Gasteiger charge is -2.11. The van der Waals surface area contributed by atoms with Gasteiger partial charge in [-0.05, 0) is 29.8 Å². The number of anilines is 1. The molecule has 0 amide bonds. The largest absolute Gasteiger partial charge is 0.508 e. The van der Waals surface area contributed by atoms with Gasteiger partial charge in [0.1, 0.15) is 12.1 Å². The molecule has 0 radical (unpaired) electrons. The number of aryl methyl sites for hydroxylation is 1. The van der Waals surface area contributed by atoms with Crippen molar-refractivity contribution in [1.82, 2.24) is 14.8 Å². The molecule has 2 N–H and O–H groups in total. The van der Waals surface area contributed by atoms with Gasteiger partial charge in [0.05, 0.1) is 0 Å². The van der Waals surface area contributed by atoms with E-state index >= 15 is 0 Å². The fraction of sp³-hybridized carbons (Fsp3) is 0.125. The Hall–Kier alpha value is -2.82. The Bertz CT molecular complexity index is 751. The van der Waals surface area contributed by atoms with Gasteiger partial charge in [0, 0.05) is 24.8 Å². The summed E-state index contributed by atoms with van der Waals surface area (Å²) >= 11 is 0. The number of aromatic hydroxyl groups is 1. The summed E-state index contributed by atoms with van der Waals surface area (Å²) in [6.45, 7) is 0.628. The number of hydrogen-bond donors (Lipinski definition) is 2. The van der Waals surface area contributed by atoms with Gasteiger partial charge < -0.3 is 15.0 Å². The lowest BCUT2D eigenvalue weighted by molar-refractivity contribution is 0.474. The molecule has 0 aliphatic carbocycles. The molecule has 5 heteroatoms. The molecular formula is C16H16N4O. The smallest absolute Gasteiger partial charge is 0.165 e. The number of benzene rings is 2. The predicted octanol–water partition coefficient (Wildman–Crippen LogP) is 2.80. The van der Waals surface area contributed by atoms with Gasteiger partial charge in [-0.2, -0.15) is 0 Å². The summed E-state index contributed by atoms with van der Waals surface area (Å²) in [6.07, 6.45) is 1.68. The third kappa shape index (κ3) is 2.86. The standard InChI is InChI=1S/C16H16N4O/c1-20-11-18-19-16(20)14-7-2-3-8-15(14)17-10-12-5-4-6-13(21)9-12/h2-9,11,17,21H,10H2,1H3. The van der Waals surface area contributed by atoms with Gasteiger partial charge in [-0.25, -0.2) is 0 Å². The van der Waals surface area contributed by atoms with Gasteiger partial charge in [-0.15, -0.1) is 10.2 Å². The first-order valence-electron chi connectivity index (χ1n) is 6.69. The van der Waals surface area contributed by atoms with Crippen molar-refractivity contribution in [2.75, 3.05) is 5.32 Å². The van der Waals surface area contributed by atoms with E-state index in [-0.39, 0.29) is 5.75 Å². The molecule has 106 valence electrons. The fourth-order valence-electron chi connectivity index (χ4n) is 2.22. The molecule has 0 bridgehead atoms. The third-order valence-electron chi connectivity index (χ3n) is 3.27. The van der Waals surface area contributed by atoms with Crippen LogP contribution in [0.25, 0.3) is 11.4 Å². The molecule has 21 heavy (non-hydrogen) atoms. The molecular weight excluding hydrogens is 264 g/mol. The van der Waals surface area contributed by atoms with Crippen LogP contribution >= 0.6 is 0 Å². The highest BCUT2D eigenvalue weighted by molar-refractivity contribution is 5.73. The Morgan fingerprint density at radius 2 is 2.00 bits per heavy atom. The van der Waals surface area contributed by atoms with Gasteiger partial charge in [0.15, 0.2) is 5.82 Å². The first-order valence-corrected chi connectivity index (χ1v) is 6.69. The van der Waals surface area contributed by atoms with Crippen molar-refractivity contribution in [2.45, 2.75) is 6.54 Å². The van der Waals surface area contributed by atoms with Crippen molar-refractivity contribution >= 4 is 5.69 Å². The van der Waals surface area contributed by atoms with E-state index in [1.54, 1.807) is 18.5 Å². The third-order valence-corrected chi connectivity index (χ3v) is 3.27. The van der Waals surface area contributed by atoms with E-state index in [0.29, 0.717) is 6.54 Å². The molecule has 0 saturated carbocycles. The first-order chi connectivity index (χ1) is 10.2. The zero-order valence-corrected chi connectivity index (χ0v) is 11.7. The number of nitrogens with zero attached hydrogens (tertiary/aromatic N) is 3. The Morgan fingerprint density at radius 1 is 1.14 bits per heavy atom. The Labute approximate surface area is 122 Å². The van der Waals surface area contributed by atoms with Crippen LogP contribution in [0.3, 0.4) is 0 Å². The molecule has 1 heterocycles. The summed E-state index contributed by atoms with van der Waals surface area (Å²) in [5.74, 6) is 1.09. The number of nitrogens with one attached hydrogen (secondary N) is 1. The normalized spacial score (nSPS) is 10.5. The van der Waals surface area contributed by atoms with Gasteiger partial charge in [-0.1, -0.05) is 24.3 Å². The second-order valence-electron chi connectivity index (χ2n) is 4.83. The highest BCUT2D eigenvalue weighted by Gasteiger charge is 2.09. The van der Waals surface area contributed by atoms with E-state index in [9.17, 15) is 5.11 Å². The van der Waals surface area contributed by atoms with Crippen molar-refractivity contribution in [3.05, 3.63) is 60.4 Å². The van der Waals surface area contributed by atoms with Crippen molar-refractivity contribution in [3.8, 4) is 17.1 Å². The van der Waals surface area contributed by atoms with Crippen LogP contribution in [0.1, 0.15) is 5.56 Å². The van der Waals surface area contributed by atoms with Crippen LogP contribution < -0.4 is 5.32 Å². The molecule has 5 nitrogen and oxygen atoms in total. The zero-order chi connectivity index (χ0) is 14.7. The van der Waals surface area contributed by atoms with E-state index < -0.39 is 0 Å². The summed E-state index contributed by atoms with van der Waals surface area (Å²) < 4.78 is 1.88. The average Bonchev–Trinajstić information content (AvgIpc) is 2.91. The second kappa shape index (κ2) is 5.66. The number of para-hydroxylation sites is 1. The number of phenols is 1. The summed E-state index contributed by atoms with van der Waals surface area (Å²) in [4.78, 5) is 0. The molecule has 3 aromatic rings. The quantitative estimate of drug-likeness (QED) is 0.771. The van der Waals surface area contributed by atoms with Gasteiger partial charge in [-0.3, -0.25) is 0 Å². The molecule has 0 saturated heterocycles.